The van der Waals surface area contributed by atoms with E-state index in [9.17, 15) is 19.1 Å². The molecule has 1 saturated heterocycles. The molecule has 9 heteroatoms. The van der Waals surface area contributed by atoms with Gasteiger partial charge in [-0.15, -0.1) is 0 Å². The molecule has 158 valence electrons. The number of carbonyl (C=O) groups is 2. The fraction of sp³-hybridized carbons (Fsp3) is 0.500. The normalized spacial score (nSPS) is 24.9. The van der Waals surface area contributed by atoms with Gasteiger partial charge in [0.05, 0.1) is 30.9 Å². The summed E-state index contributed by atoms with van der Waals surface area (Å²) in [5.41, 5.74) is 0.0573. The second-order valence-electron chi connectivity index (χ2n) is 7.27. The first-order chi connectivity index (χ1) is 14.0. The molecule has 0 spiro atoms. The third-order valence-electron chi connectivity index (χ3n) is 5.11. The summed E-state index contributed by atoms with van der Waals surface area (Å²) in [6.45, 7) is 2.74. The molecule has 2 aliphatic heterocycles. The van der Waals surface area contributed by atoms with Gasteiger partial charge in [0.15, 0.2) is 0 Å². The minimum absolute atomic E-state index is 0.00754. The predicted molar refractivity (Wildman–Crippen MR) is 106 cm³/mol. The number of carbonyl (C=O) groups excluding carboxylic acids is 2. The van der Waals surface area contributed by atoms with Crippen molar-refractivity contribution < 1.29 is 23.8 Å². The molecule has 3 rings (SSSR count). The number of halogens is 1. The number of nitrogens with zero attached hydrogens (tertiary/aromatic N) is 2. The number of nitrogens with one attached hydrogen (secondary N) is 2. The average molecular weight is 406 g/mol. The van der Waals surface area contributed by atoms with E-state index in [1.807, 2.05) is 11.9 Å². The molecule has 0 radical (unpaired) electrons. The van der Waals surface area contributed by atoms with Crippen LogP contribution in [0.15, 0.2) is 36.4 Å². The van der Waals surface area contributed by atoms with E-state index in [1.165, 1.54) is 18.2 Å². The second kappa shape index (κ2) is 9.82. The Balaban J connectivity index is 1.53. The van der Waals surface area contributed by atoms with Crippen LogP contribution >= 0.6 is 0 Å². The first-order valence-electron chi connectivity index (χ1n) is 9.69. The maximum Gasteiger partial charge on any atom is 0.319 e. The Morgan fingerprint density at radius 2 is 1.93 bits per heavy atom. The molecule has 1 fully saturated rings. The van der Waals surface area contributed by atoms with Crippen LogP contribution in [-0.4, -0.2) is 84.9 Å². The van der Waals surface area contributed by atoms with Crippen molar-refractivity contribution in [3.63, 3.8) is 0 Å². The summed E-state index contributed by atoms with van der Waals surface area (Å²) in [6.07, 6.45) is 2.44. The standard InChI is InChI=1S/C20H27FN4O4/c1-24-8-10-25(11-9-24)19(27)12-14-6-7-17(18(13-26)29-14)23-20(28)22-16-5-3-2-4-15(16)21/h2-7,14,17-18,26H,8-13H2,1H3,(H2,22,23,28)/t14-,17+,18-/m0/s1. The number of aliphatic hydroxyl groups is 1. The zero-order chi connectivity index (χ0) is 20.8. The number of anilines is 1. The Kier molecular flexibility index (Phi) is 7.18. The van der Waals surface area contributed by atoms with Crippen molar-refractivity contribution in [2.75, 3.05) is 45.2 Å². The van der Waals surface area contributed by atoms with Crippen LogP contribution in [0, 0.1) is 5.82 Å². The highest BCUT2D eigenvalue weighted by Gasteiger charge is 2.30. The molecule has 3 N–H and O–H groups in total. The lowest BCUT2D eigenvalue weighted by molar-refractivity contribution is -0.137. The number of likely N-dealkylation sites (N-methyl/N-ethyl adjacent to an activating group) is 1. The van der Waals surface area contributed by atoms with Crippen LogP contribution in [0.5, 0.6) is 0 Å². The number of benzene rings is 1. The van der Waals surface area contributed by atoms with Crippen molar-refractivity contribution in [3.05, 3.63) is 42.2 Å². The van der Waals surface area contributed by atoms with Crippen LogP contribution in [-0.2, 0) is 9.53 Å². The summed E-state index contributed by atoms with van der Waals surface area (Å²) in [7, 11) is 2.02. The zero-order valence-corrected chi connectivity index (χ0v) is 16.4. The topological polar surface area (TPSA) is 94.1 Å². The van der Waals surface area contributed by atoms with Gasteiger partial charge in [0, 0.05) is 26.2 Å². The number of rotatable bonds is 5. The van der Waals surface area contributed by atoms with E-state index in [0.717, 1.165) is 13.1 Å². The van der Waals surface area contributed by atoms with Gasteiger partial charge in [0.1, 0.15) is 11.9 Å². The molecule has 1 aromatic rings. The first-order valence-corrected chi connectivity index (χ1v) is 9.69. The number of hydrogen-bond donors (Lipinski definition) is 3. The Morgan fingerprint density at radius 1 is 1.21 bits per heavy atom. The summed E-state index contributed by atoms with van der Waals surface area (Å²) < 4.78 is 19.5. The number of ether oxygens (including phenoxy) is 1. The molecule has 0 aromatic heterocycles. The SMILES string of the molecule is CN1CCN(C(=O)C[C@@H]2C=C[C@@H](NC(=O)Nc3ccccc3F)[C@H](CO)O2)CC1. The van der Waals surface area contributed by atoms with Gasteiger partial charge < -0.3 is 30.3 Å². The number of amides is 3. The van der Waals surface area contributed by atoms with Gasteiger partial charge in [0.2, 0.25) is 5.91 Å². The van der Waals surface area contributed by atoms with Crippen LogP contribution in [0.4, 0.5) is 14.9 Å². The van der Waals surface area contributed by atoms with Gasteiger partial charge in [-0.3, -0.25) is 4.79 Å². The van der Waals surface area contributed by atoms with Crippen molar-refractivity contribution in [1.82, 2.24) is 15.1 Å². The van der Waals surface area contributed by atoms with E-state index in [4.69, 9.17) is 4.74 Å². The van der Waals surface area contributed by atoms with Crippen molar-refractivity contribution >= 4 is 17.6 Å². The van der Waals surface area contributed by atoms with Gasteiger partial charge in [-0.2, -0.15) is 0 Å². The number of piperazine rings is 1. The molecule has 3 atom stereocenters. The molecule has 0 unspecified atom stereocenters. The molecule has 2 heterocycles. The highest BCUT2D eigenvalue weighted by molar-refractivity contribution is 5.89. The first kappa shape index (κ1) is 21.2. The van der Waals surface area contributed by atoms with E-state index in [2.05, 4.69) is 15.5 Å². The summed E-state index contributed by atoms with van der Waals surface area (Å²) >= 11 is 0. The van der Waals surface area contributed by atoms with Crippen LogP contribution in [0.1, 0.15) is 6.42 Å². The second-order valence-corrected chi connectivity index (χ2v) is 7.27. The summed E-state index contributed by atoms with van der Waals surface area (Å²) in [4.78, 5) is 28.6. The molecular formula is C20H27FN4O4. The van der Waals surface area contributed by atoms with Crippen LogP contribution in [0.25, 0.3) is 0 Å². The molecule has 8 nitrogen and oxygen atoms in total. The summed E-state index contributed by atoms with van der Waals surface area (Å²) in [6, 6.07) is 4.63. The molecule has 0 bridgehead atoms. The van der Waals surface area contributed by atoms with Crippen LogP contribution in [0.3, 0.4) is 0 Å². The monoisotopic (exact) mass is 406 g/mol. The van der Waals surface area contributed by atoms with E-state index in [-0.39, 0.29) is 24.6 Å². The van der Waals surface area contributed by atoms with Crippen LogP contribution in [0.2, 0.25) is 0 Å². The zero-order valence-electron chi connectivity index (χ0n) is 16.4. The minimum atomic E-state index is -0.698. The van der Waals surface area contributed by atoms with E-state index in [1.54, 1.807) is 18.2 Å². The quantitative estimate of drug-likeness (QED) is 0.629. The lowest BCUT2D eigenvalue weighted by Crippen LogP contribution is -2.51. The van der Waals surface area contributed by atoms with Crippen LogP contribution < -0.4 is 10.6 Å². The third-order valence-corrected chi connectivity index (χ3v) is 5.11. The molecular weight excluding hydrogens is 379 g/mol. The Morgan fingerprint density at radius 3 is 2.62 bits per heavy atom. The fourth-order valence-corrected chi connectivity index (χ4v) is 3.37. The van der Waals surface area contributed by atoms with E-state index < -0.39 is 30.1 Å². The largest absolute Gasteiger partial charge is 0.394 e. The van der Waals surface area contributed by atoms with Crippen molar-refractivity contribution in [3.8, 4) is 0 Å². The molecule has 1 aromatic carbocycles. The Hall–Kier alpha value is -2.49. The molecule has 3 amide bonds. The number of aliphatic hydroxyl groups excluding tert-OH is 1. The van der Waals surface area contributed by atoms with Gasteiger partial charge in [-0.1, -0.05) is 24.3 Å². The lowest BCUT2D eigenvalue weighted by Gasteiger charge is -2.35. The summed E-state index contributed by atoms with van der Waals surface area (Å²) in [5, 5.41) is 14.7. The Bertz CT molecular complexity index is 752. The lowest BCUT2D eigenvalue weighted by atomic mass is 10.0. The fourth-order valence-electron chi connectivity index (χ4n) is 3.37. The van der Waals surface area contributed by atoms with Gasteiger partial charge in [-0.05, 0) is 19.2 Å². The Labute approximate surface area is 169 Å². The number of hydrogen-bond acceptors (Lipinski definition) is 5. The molecule has 0 saturated carbocycles. The highest BCUT2D eigenvalue weighted by atomic mass is 19.1. The smallest absolute Gasteiger partial charge is 0.319 e. The average Bonchev–Trinajstić information content (AvgIpc) is 2.71. The van der Waals surface area contributed by atoms with Gasteiger partial charge in [0.25, 0.3) is 0 Å². The highest BCUT2D eigenvalue weighted by Crippen LogP contribution is 2.18. The van der Waals surface area contributed by atoms with Crippen molar-refractivity contribution in [1.29, 1.82) is 0 Å². The van der Waals surface area contributed by atoms with Gasteiger partial charge in [-0.25, -0.2) is 9.18 Å². The van der Waals surface area contributed by atoms with E-state index in [0.29, 0.717) is 13.1 Å². The third kappa shape index (κ3) is 5.75. The summed E-state index contributed by atoms with van der Waals surface area (Å²) in [5.74, 6) is -0.535. The number of para-hydroxylation sites is 1. The molecule has 2 aliphatic rings. The maximum atomic E-state index is 13.7. The molecule has 0 aliphatic carbocycles. The maximum absolute atomic E-state index is 13.7. The van der Waals surface area contributed by atoms with Crippen molar-refractivity contribution in [2.45, 2.75) is 24.7 Å². The van der Waals surface area contributed by atoms with E-state index >= 15 is 0 Å². The van der Waals surface area contributed by atoms with Crippen molar-refractivity contribution in [2.24, 2.45) is 0 Å². The predicted octanol–water partition coefficient (Wildman–Crippen LogP) is 0.796. The molecule has 29 heavy (non-hydrogen) atoms. The number of urea groups is 1. The van der Waals surface area contributed by atoms with Gasteiger partial charge >= 0.3 is 6.03 Å². The minimum Gasteiger partial charge on any atom is -0.394 e.